The van der Waals surface area contributed by atoms with E-state index >= 15 is 0 Å². The van der Waals surface area contributed by atoms with Crippen LogP contribution in [0.25, 0.3) is 0 Å². The highest BCUT2D eigenvalue weighted by molar-refractivity contribution is 5.42. The van der Waals surface area contributed by atoms with Crippen LogP contribution in [0.5, 0.6) is 5.75 Å². The molecule has 0 saturated heterocycles. The molecule has 0 aromatic heterocycles. The molecule has 28 heavy (non-hydrogen) atoms. The number of hydrogen-bond donors (Lipinski definition) is 0. The number of aryl methyl sites for hydroxylation is 1. The van der Waals surface area contributed by atoms with E-state index in [1.165, 1.54) is 24.8 Å². The van der Waals surface area contributed by atoms with Gasteiger partial charge in [0.1, 0.15) is 5.75 Å². The van der Waals surface area contributed by atoms with E-state index in [4.69, 9.17) is 4.74 Å². The average Bonchev–Trinajstić information content (AvgIpc) is 2.73. The number of rotatable bonds is 8. The maximum absolute atomic E-state index is 5.65. The van der Waals surface area contributed by atoms with Gasteiger partial charge in [-0.3, -0.25) is 0 Å². The lowest BCUT2D eigenvalue weighted by atomic mass is 10.1. The van der Waals surface area contributed by atoms with E-state index in [1.54, 1.807) is 12.2 Å². The second-order valence-corrected chi connectivity index (χ2v) is 6.75. The van der Waals surface area contributed by atoms with Gasteiger partial charge in [-0.2, -0.15) is 0 Å². The molecule has 2 aromatic carbocycles. The van der Waals surface area contributed by atoms with Gasteiger partial charge in [0.15, 0.2) is 0 Å². The van der Waals surface area contributed by atoms with Crippen molar-refractivity contribution in [1.82, 2.24) is 0 Å². The largest absolute Gasteiger partial charge is 0.494 e. The molecule has 0 aliphatic rings. The van der Waals surface area contributed by atoms with Crippen LogP contribution in [0, 0.1) is 23.7 Å². The van der Waals surface area contributed by atoms with Crippen molar-refractivity contribution < 1.29 is 4.74 Å². The zero-order valence-electron chi connectivity index (χ0n) is 17.1. The Morgan fingerprint density at radius 2 is 1.29 bits per heavy atom. The summed E-state index contributed by atoms with van der Waals surface area (Å²) in [6.07, 6.45) is 10.8. The monoisotopic (exact) mass is 370 g/mol. The zero-order valence-corrected chi connectivity index (χ0v) is 17.1. The number of benzene rings is 2. The predicted molar refractivity (Wildman–Crippen MR) is 119 cm³/mol. The van der Waals surface area contributed by atoms with Gasteiger partial charge < -0.3 is 4.74 Å². The SMILES string of the molecule is CCCCCc1ccc(C#CC=CC#Cc2ccc(OCCCC)cc2)cc1. The van der Waals surface area contributed by atoms with Crippen LogP contribution < -0.4 is 4.74 Å². The summed E-state index contributed by atoms with van der Waals surface area (Å²) < 4.78 is 5.65. The highest BCUT2D eigenvalue weighted by Gasteiger charge is 1.94. The van der Waals surface area contributed by atoms with Gasteiger partial charge in [-0.25, -0.2) is 0 Å². The fourth-order valence-electron chi connectivity index (χ4n) is 2.64. The van der Waals surface area contributed by atoms with Crippen LogP contribution >= 0.6 is 0 Å². The van der Waals surface area contributed by atoms with Crippen molar-refractivity contribution in [3.8, 4) is 29.4 Å². The molecule has 0 N–H and O–H groups in total. The fourth-order valence-corrected chi connectivity index (χ4v) is 2.64. The molecule has 1 heteroatoms. The van der Waals surface area contributed by atoms with E-state index in [9.17, 15) is 0 Å². The summed E-state index contributed by atoms with van der Waals surface area (Å²) in [7, 11) is 0. The molecule has 0 fully saturated rings. The van der Waals surface area contributed by atoms with Crippen LogP contribution in [0.3, 0.4) is 0 Å². The molecule has 0 amide bonds. The van der Waals surface area contributed by atoms with E-state index in [0.717, 1.165) is 42.7 Å². The van der Waals surface area contributed by atoms with Gasteiger partial charge in [-0.1, -0.05) is 68.9 Å². The highest BCUT2D eigenvalue weighted by Crippen LogP contribution is 2.12. The minimum Gasteiger partial charge on any atom is -0.494 e. The molecule has 0 saturated carbocycles. The van der Waals surface area contributed by atoms with Gasteiger partial charge in [0.25, 0.3) is 0 Å². The normalized spacial score (nSPS) is 10.1. The Labute approximate surface area is 170 Å². The van der Waals surface area contributed by atoms with Gasteiger partial charge in [0.05, 0.1) is 6.61 Å². The van der Waals surface area contributed by atoms with Gasteiger partial charge in [-0.15, -0.1) is 0 Å². The third-order valence-corrected chi connectivity index (χ3v) is 4.33. The Kier molecular flexibility index (Phi) is 10.2. The molecule has 0 aliphatic heterocycles. The molecule has 0 heterocycles. The Balaban J connectivity index is 1.80. The van der Waals surface area contributed by atoms with E-state index in [2.05, 4.69) is 61.8 Å². The van der Waals surface area contributed by atoms with Gasteiger partial charge in [0.2, 0.25) is 0 Å². The standard InChI is InChI=1S/C27H30O/c1-3-5-9-12-24-15-17-25(18-16-24)13-10-7-8-11-14-26-19-21-27(22-20-26)28-23-6-4-2/h7-8,15-22H,3-6,9,12,23H2,1-2H3. The molecule has 0 aliphatic carbocycles. The fraction of sp³-hybridized carbons (Fsp3) is 0.333. The summed E-state index contributed by atoms with van der Waals surface area (Å²) in [4.78, 5) is 0. The van der Waals surface area contributed by atoms with E-state index in [0.29, 0.717) is 0 Å². The lowest BCUT2D eigenvalue weighted by Crippen LogP contribution is -1.95. The molecule has 1 nitrogen and oxygen atoms in total. The van der Waals surface area contributed by atoms with Gasteiger partial charge >= 0.3 is 0 Å². The zero-order chi connectivity index (χ0) is 19.9. The topological polar surface area (TPSA) is 9.23 Å². The van der Waals surface area contributed by atoms with Crippen molar-refractivity contribution in [2.24, 2.45) is 0 Å². The van der Waals surface area contributed by atoms with Crippen LogP contribution in [0.4, 0.5) is 0 Å². The van der Waals surface area contributed by atoms with Crippen molar-refractivity contribution in [2.75, 3.05) is 6.61 Å². The van der Waals surface area contributed by atoms with Crippen molar-refractivity contribution in [1.29, 1.82) is 0 Å². The van der Waals surface area contributed by atoms with Crippen LogP contribution in [0.2, 0.25) is 0 Å². The first-order valence-electron chi connectivity index (χ1n) is 10.3. The molecule has 2 rings (SSSR count). The molecule has 0 radical (unpaired) electrons. The maximum Gasteiger partial charge on any atom is 0.119 e. The predicted octanol–water partition coefficient (Wildman–Crippen LogP) is 6.56. The summed E-state index contributed by atoms with van der Waals surface area (Å²) in [5.41, 5.74) is 3.40. The molecule has 0 atom stereocenters. The van der Waals surface area contributed by atoms with Crippen molar-refractivity contribution in [3.63, 3.8) is 0 Å². The molecular weight excluding hydrogens is 340 g/mol. The first kappa shape index (κ1) is 21.4. The van der Waals surface area contributed by atoms with Crippen LogP contribution in [0.1, 0.15) is 62.6 Å². The lowest BCUT2D eigenvalue weighted by molar-refractivity contribution is 0.309. The third kappa shape index (κ3) is 8.66. The maximum atomic E-state index is 5.65. The third-order valence-electron chi connectivity index (χ3n) is 4.33. The second kappa shape index (κ2) is 13.3. The van der Waals surface area contributed by atoms with Gasteiger partial charge in [0, 0.05) is 11.1 Å². The molecular formula is C27H30O. The minimum atomic E-state index is 0.768. The molecule has 0 unspecified atom stereocenters. The Morgan fingerprint density at radius 1 is 0.714 bits per heavy atom. The average molecular weight is 371 g/mol. The second-order valence-electron chi connectivity index (χ2n) is 6.75. The Bertz CT molecular complexity index is 760. The molecule has 0 bridgehead atoms. The summed E-state index contributed by atoms with van der Waals surface area (Å²) in [5.74, 6) is 13.2. The summed E-state index contributed by atoms with van der Waals surface area (Å²) in [6.45, 7) is 5.16. The molecule has 144 valence electrons. The first-order chi connectivity index (χ1) is 13.8. The van der Waals surface area contributed by atoms with Crippen LogP contribution in [-0.2, 0) is 6.42 Å². The lowest BCUT2D eigenvalue weighted by Gasteiger charge is -2.04. The Hall–Kier alpha value is -2.90. The van der Waals surface area contributed by atoms with E-state index in [1.807, 2.05) is 24.3 Å². The number of hydrogen-bond acceptors (Lipinski definition) is 1. The smallest absolute Gasteiger partial charge is 0.119 e. The van der Waals surface area contributed by atoms with Gasteiger partial charge in [-0.05, 0) is 73.4 Å². The van der Waals surface area contributed by atoms with Crippen molar-refractivity contribution in [3.05, 3.63) is 77.4 Å². The van der Waals surface area contributed by atoms with E-state index in [-0.39, 0.29) is 0 Å². The molecule has 2 aromatic rings. The highest BCUT2D eigenvalue weighted by atomic mass is 16.5. The number of ether oxygens (including phenoxy) is 1. The minimum absolute atomic E-state index is 0.768. The van der Waals surface area contributed by atoms with Crippen LogP contribution in [0.15, 0.2) is 60.7 Å². The number of allylic oxidation sites excluding steroid dienone is 2. The van der Waals surface area contributed by atoms with E-state index < -0.39 is 0 Å². The molecule has 0 spiro atoms. The first-order valence-corrected chi connectivity index (χ1v) is 10.3. The summed E-state index contributed by atoms with van der Waals surface area (Å²) in [5, 5.41) is 0. The van der Waals surface area contributed by atoms with Crippen molar-refractivity contribution >= 4 is 0 Å². The van der Waals surface area contributed by atoms with Crippen molar-refractivity contribution in [2.45, 2.75) is 52.4 Å². The summed E-state index contributed by atoms with van der Waals surface area (Å²) in [6, 6.07) is 16.4. The number of unbranched alkanes of at least 4 members (excludes halogenated alkanes) is 3. The quantitative estimate of drug-likeness (QED) is 0.378. The van der Waals surface area contributed by atoms with Crippen LogP contribution in [-0.4, -0.2) is 6.61 Å². The Morgan fingerprint density at radius 3 is 1.86 bits per heavy atom. The summed E-state index contributed by atoms with van der Waals surface area (Å²) >= 11 is 0.